The van der Waals surface area contributed by atoms with Gasteiger partial charge in [-0.25, -0.2) is 0 Å². The Balaban J connectivity index is 1.57. The number of rotatable bonds is 4. The normalized spacial score (nSPS) is 24.3. The van der Waals surface area contributed by atoms with Gasteiger partial charge in [-0.3, -0.25) is 4.79 Å². The zero-order valence-corrected chi connectivity index (χ0v) is 12.1. The van der Waals surface area contributed by atoms with E-state index in [2.05, 4.69) is 23.7 Å². The number of carbonyl (C=O) groups excluding carboxylic acids is 1. The van der Waals surface area contributed by atoms with E-state index in [-0.39, 0.29) is 4.75 Å². The predicted octanol–water partition coefficient (Wildman–Crippen LogP) is 2.60. The van der Waals surface area contributed by atoms with Gasteiger partial charge in [0.05, 0.1) is 4.75 Å². The summed E-state index contributed by atoms with van der Waals surface area (Å²) in [5.74, 6) is 0.359. The highest BCUT2D eigenvalue weighted by atomic mass is 32.2. The Hall–Kier alpha value is -1.16. The molecule has 102 valence electrons. The summed E-state index contributed by atoms with van der Waals surface area (Å²) in [4.78, 5) is 14.5. The van der Waals surface area contributed by atoms with E-state index < -0.39 is 0 Å². The van der Waals surface area contributed by atoms with E-state index in [0.29, 0.717) is 11.9 Å². The minimum Gasteiger partial charge on any atom is -0.380 e. The molecule has 1 saturated heterocycles. The molecule has 1 saturated carbocycles. The van der Waals surface area contributed by atoms with Gasteiger partial charge in [-0.2, -0.15) is 0 Å². The van der Waals surface area contributed by atoms with E-state index >= 15 is 0 Å². The topological polar surface area (TPSA) is 32.3 Å². The van der Waals surface area contributed by atoms with Crippen molar-refractivity contribution in [1.82, 2.24) is 4.90 Å². The number of para-hydroxylation sites is 1. The summed E-state index contributed by atoms with van der Waals surface area (Å²) in [6, 6.07) is 10.6. The number of likely N-dealkylation sites (tertiary alicyclic amines) is 1. The number of nitrogens with zero attached hydrogens (tertiary/aromatic N) is 1. The van der Waals surface area contributed by atoms with Gasteiger partial charge in [0.1, 0.15) is 0 Å². The number of hydrogen-bond acceptors (Lipinski definition) is 3. The SMILES string of the molecule is CSC1(C(=O)N2CC[C@@H](Nc3ccccc3)C2)CC1. The van der Waals surface area contributed by atoms with Crippen molar-refractivity contribution in [2.75, 3.05) is 24.7 Å². The molecule has 1 atom stereocenters. The first-order chi connectivity index (χ1) is 9.23. The fourth-order valence-electron chi connectivity index (χ4n) is 2.74. The summed E-state index contributed by atoms with van der Waals surface area (Å²) < 4.78 is -0.0678. The van der Waals surface area contributed by atoms with Crippen molar-refractivity contribution in [3.63, 3.8) is 0 Å². The molecule has 1 amide bonds. The molecule has 1 aromatic rings. The molecule has 1 N–H and O–H groups in total. The summed E-state index contributed by atoms with van der Waals surface area (Å²) in [5, 5.41) is 3.51. The summed E-state index contributed by atoms with van der Waals surface area (Å²) in [6.07, 6.45) is 5.21. The van der Waals surface area contributed by atoms with Gasteiger partial charge < -0.3 is 10.2 Å². The Morgan fingerprint density at radius 2 is 2.11 bits per heavy atom. The van der Waals surface area contributed by atoms with Crippen LogP contribution >= 0.6 is 11.8 Å². The van der Waals surface area contributed by atoms with Crippen molar-refractivity contribution in [3.05, 3.63) is 30.3 Å². The number of carbonyl (C=O) groups is 1. The third kappa shape index (κ3) is 2.59. The lowest BCUT2D eigenvalue weighted by molar-refractivity contribution is -0.130. The lowest BCUT2D eigenvalue weighted by atomic mass is 10.2. The number of hydrogen-bond donors (Lipinski definition) is 1. The van der Waals surface area contributed by atoms with Crippen molar-refractivity contribution in [3.8, 4) is 0 Å². The summed E-state index contributed by atoms with van der Waals surface area (Å²) in [6.45, 7) is 1.74. The van der Waals surface area contributed by atoms with Crippen molar-refractivity contribution >= 4 is 23.4 Å². The molecular formula is C15H20N2OS. The molecule has 0 radical (unpaired) electrons. The predicted molar refractivity (Wildman–Crippen MR) is 80.5 cm³/mol. The van der Waals surface area contributed by atoms with Gasteiger partial charge in [0.15, 0.2) is 0 Å². The minimum absolute atomic E-state index is 0.0678. The van der Waals surface area contributed by atoms with Gasteiger partial charge >= 0.3 is 0 Å². The first-order valence-electron chi connectivity index (χ1n) is 6.90. The zero-order valence-electron chi connectivity index (χ0n) is 11.3. The Kier molecular flexibility index (Phi) is 3.44. The summed E-state index contributed by atoms with van der Waals surface area (Å²) in [5.41, 5.74) is 1.15. The maximum Gasteiger partial charge on any atom is 0.238 e. The average Bonchev–Trinajstić information content (AvgIpc) is 3.12. The van der Waals surface area contributed by atoms with Crippen LogP contribution in [0.25, 0.3) is 0 Å². The largest absolute Gasteiger partial charge is 0.380 e. The Morgan fingerprint density at radius 1 is 1.37 bits per heavy atom. The number of thioether (sulfide) groups is 1. The quantitative estimate of drug-likeness (QED) is 0.917. The van der Waals surface area contributed by atoms with Crippen molar-refractivity contribution in [2.45, 2.75) is 30.1 Å². The third-order valence-corrected chi connectivity index (χ3v) is 5.47. The van der Waals surface area contributed by atoms with Crippen molar-refractivity contribution in [2.24, 2.45) is 0 Å². The van der Waals surface area contributed by atoms with Gasteiger partial charge in [0, 0.05) is 24.8 Å². The molecule has 3 nitrogen and oxygen atoms in total. The fraction of sp³-hybridized carbons (Fsp3) is 0.533. The minimum atomic E-state index is -0.0678. The Morgan fingerprint density at radius 3 is 2.74 bits per heavy atom. The molecule has 0 bridgehead atoms. The number of anilines is 1. The Bertz CT molecular complexity index is 458. The van der Waals surface area contributed by atoms with E-state index in [4.69, 9.17) is 0 Å². The van der Waals surface area contributed by atoms with E-state index in [1.54, 1.807) is 11.8 Å². The van der Waals surface area contributed by atoms with Gasteiger partial charge in [-0.1, -0.05) is 18.2 Å². The zero-order chi connectivity index (χ0) is 13.3. The van der Waals surface area contributed by atoms with Crippen molar-refractivity contribution in [1.29, 1.82) is 0 Å². The number of amides is 1. The highest BCUT2D eigenvalue weighted by molar-refractivity contribution is 8.01. The van der Waals surface area contributed by atoms with Crippen LogP contribution in [-0.2, 0) is 4.79 Å². The van der Waals surface area contributed by atoms with Crippen LogP contribution in [0.4, 0.5) is 5.69 Å². The highest BCUT2D eigenvalue weighted by Crippen LogP contribution is 2.48. The van der Waals surface area contributed by atoms with Crippen LogP contribution in [0, 0.1) is 0 Å². The van der Waals surface area contributed by atoms with Crippen molar-refractivity contribution < 1.29 is 4.79 Å². The second-order valence-electron chi connectivity index (χ2n) is 5.45. The van der Waals surface area contributed by atoms with Crippen LogP contribution in [0.1, 0.15) is 19.3 Å². The Labute approximate surface area is 118 Å². The fourth-order valence-corrected chi connectivity index (χ4v) is 3.55. The third-order valence-electron chi connectivity index (χ3n) is 4.10. The van der Waals surface area contributed by atoms with Crippen LogP contribution in [0.3, 0.4) is 0 Å². The second kappa shape index (κ2) is 5.08. The van der Waals surface area contributed by atoms with Crippen LogP contribution in [0.5, 0.6) is 0 Å². The molecule has 0 spiro atoms. The molecule has 0 unspecified atom stereocenters. The molecule has 1 aliphatic carbocycles. The molecule has 1 aliphatic heterocycles. The summed E-state index contributed by atoms with van der Waals surface area (Å²) in [7, 11) is 0. The first kappa shape index (κ1) is 12.9. The first-order valence-corrected chi connectivity index (χ1v) is 8.12. The van der Waals surface area contributed by atoms with E-state index in [1.807, 2.05) is 23.1 Å². The van der Waals surface area contributed by atoms with E-state index in [9.17, 15) is 4.79 Å². The lowest BCUT2D eigenvalue weighted by Crippen LogP contribution is -2.38. The molecule has 1 aromatic carbocycles. The molecule has 2 fully saturated rings. The second-order valence-corrected chi connectivity index (χ2v) is 6.64. The molecule has 4 heteroatoms. The molecule has 3 rings (SSSR count). The molecule has 19 heavy (non-hydrogen) atoms. The standard InChI is InChI=1S/C15H20N2OS/c1-19-15(8-9-15)14(18)17-10-7-13(11-17)16-12-5-3-2-4-6-12/h2-6,13,16H,7-11H2,1H3/t13-/m1/s1. The average molecular weight is 276 g/mol. The van der Waals surface area contributed by atoms with Crippen LogP contribution in [0.15, 0.2) is 30.3 Å². The maximum absolute atomic E-state index is 12.4. The molecule has 2 aliphatic rings. The van der Waals surface area contributed by atoms with E-state index in [0.717, 1.165) is 38.0 Å². The van der Waals surface area contributed by atoms with Gasteiger partial charge in [-0.05, 0) is 37.7 Å². The maximum atomic E-state index is 12.4. The molecule has 0 aromatic heterocycles. The number of nitrogens with one attached hydrogen (secondary N) is 1. The smallest absolute Gasteiger partial charge is 0.238 e. The van der Waals surface area contributed by atoms with Crippen LogP contribution in [0.2, 0.25) is 0 Å². The monoisotopic (exact) mass is 276 g/mol. The number of benzene rings is 1. The van der Waals surface area contributed by atoms with E-state index in [1.165, 1.54) is 0 Å². The lowest BCUT2D eigenvalue weighted by Gasteiger charge is -2.22. The van der Waals surface area contributed by atoms with Crippen LogP contribution in [-0.4, -0.2) is 40.9 Å². The molecular weight excluding hydrogens is 256 g/mol. The van der Waals surface area contributed by atoms with Gasteiger partial charge in [-0.15, -0.1) is 11.8 Å². The molecule has 1 heterocycles. The summed E-state index contributed by atoms with van der Waals surface area (Å²) >= 11 is 1.73. The highest BCUT2D eigenvalue weighted by Gasteiger charge is 2.52. The van der Waals surface area contributed by atoms with Crippen LogP contribution < -0.4 is 5.32 Å². The van der Waals surface area contributed by atoms with Gasteiger partial charge in [0.25, 0.3) is 0 Å². The van der Waals surface area contributed by atoms with Gasteiger partial charge in [0.2, 0.25) is 5.91 Å².